The molecule has 0 unspecified atom stereocenters. The number of carbonyl (C=O) groups excluding carboxylic acids is 1. The molecule has 1 N–H and O–H groups in total. The maximum atomic E-state index is 14.1. The van der Waals surface area contributed by atoms with Gasteiger partial charge in [-0.05, 0) is 56.0 Å². The van der Waals surface area contributed by atoms with E-state index >= 15 is 0 Å². The van der Waals surface area contributed by atoms with Crippen molar-refractivity contribution < 1.29 is 14.6 Å². The number of carbonyl (C=O) groups is 1. The molecule has 8 heteroatoms. The van der Waals surface area contributed by atoms with E-state index in [1.165, 1.54) is 11.3 Å². The Morgan fingerprint density at radius 2 is 1.74 bits per heavy atom. The molecule has 0 spiro atoms. The van der Waals surface area contributed by atoms with Gasteiger partial charge in [0.25, 0.3) is 5.56 Å². The van der Waals surface area contributed by atoms with Gasteiger partial charge >= 0.3 is 5.97 Å². The second-order valence-corrected chi connectivity index (χ2v) is 11.7. The molecule has 1 aromatic heterocycles. The summed E-state index contributed by atoms with van der Waals surface area (Å²) in [5.41, 5.74) is 4.66. The molecule has 0 fully saturated rings. The monoisotopic (exact) mass is 595 g/mol. The number of ether oxygens (including phenoxy) is 1. The first kappa shape index (κ1) is 30.0. The fourth-order valence-corrected chi connectivity index (χ4v) is 6.39. The van der Waals surface area contributed by atoms with Gasteiger partial charge in [0.1, 0.15) is 5.75 Å². The van der Waals surface area contributed by atoms with E-state index in [1.54, 1.807) is 23.6 Å². The van der Waals surface area contributed by atoms with Gasteiger partial charge in [0.05, 0.1) is 28.5 Å². The summed E-state index contributed by atoms with van der Waals surface area (Å²) < 4.78 is 7.55. The van der Waals surface area contributed by atoms with E-state index in [1.807, 2.05) is 66.7 Å². The standard InChI is InChI=1S/C35H37N3O4S/c1-6-37(7-2)27-19-18-26(28(39)21-27)20-29-33(40)38-32(25-16-14-23(15-17-25)22(4)5)30(34(41)42-8-3)31(36-35(38)43-29)24-12-10-9-11-13-24/h9-22,32,39H,6-8H2,1-5H3/b29-20-/t32-/m0/s1. The molecule has 0 aliphatic carbocycles. The van der Waals surface area contributed by atoms with Crippen molar-refractivity contribution >= 4 is 34.8 Å². The first-order valence-electron chi connectivity index (χ1n) is 14.7. The van der Waals surface area contributed by atoms with Crippen LogP contribution >= 0.6 is 11.3 Å². The van der Waals surface area contributed by atoms with Crippen LogP contribution in [0.15, 0.2) is 88.2 Å². The zero-order valence-electron chi connectivity index (χ0n) is 25.2. The number of thiazole rings is 1. The van der Waals surface area contributed by atoms with Gasteiger partial charge in [-0.3, -0.25) is 9.36 Å². The van der Waals surface area contributed by atoms with Crippen LogP contribution in [0.4, 0.5) is 5.69 Å². The predicted molar refractivity (Wildman–Crippen MR) is 173 cm³/mol. The zero-order chi connectivity index (χ0) is 30.7. The summed E-state index contributed by atoms with van der Waals surface area (Å²) in [7, 11) is 0. The van der Waals surface area contributed by atoms with Crippen LogP contribution < -0.4 is 19.8 Å². The number of phenols is 1. The number of aromatic hydroxyl groups is 1. The highest BCUT2D eigenvalue weighted by atomic mass is 32.1. The number of hydrogen-bond acceptors (Lipinski definition) is 7. The SMILES string of the molecule is CCOC(=O)C1=C(c2ccccc2)N=c2s/c(=C\c3ccc(N(CC)CC)cc3O)c(=O)n2[C@H]1c1ccc(C(C)C)cc1. The second-order valence-electron chi connectivity index (χ2n) is 10.7. The number of benzene rings is 3. The molecule has 0 saturated carbocycles. The van der Waals surface area contributed by atoms with Crippen LogP contribution in [-0.2, 0) is 9.53 Å². The Morgan fingerprint density at radius 3 is 2.35 bits per heavy atom. The molecule has 222 valence electrons. The van der Waals surface area contributed by atoms with Gasteiger partial charge in [-0.15, -0.1) is 0 Å². The molecule has 1 atom stereocenters. The molecular formula is C35H37N3O4S. The van der Waals surface area contributed by atoms with Gasteiger partial charge in [-0.1, -0.05) is 79.8 Å². The van der Waals surface area contributed by atoms with Crippen LogP contribution in [0.25, 0.3) is 11.8 Å². The molecule has 4 aromatic rings. The van der Waals surface area contributed by atoms with Crippen molar-refractivity contribution in [2.45, 2.75) is 46.6 Å². The number of fused-ring (bicyclic) bond motifs is 1. The van der Waals surface area contributed by atoms with Gasteiger partial charge in [0.2, 0.25) is 0 Å². The van der Waals surface area contributed by atoms with E-state index in [2.05, 4.69) is 32.6 Å². The summed E-state index contributed by atoms with van der Waals surface area (Å²) in [5, 5.41) is 10.9. The predicted octanol–water partition coefficient (Wildman–Crippen LogP) is 5.61. The van der Waals surface area contributed by atoms with Crippen molar-refractivity contribution in [1.82, 2.24) is 4.57 Å². The van der Waals surface area contributed by atoms with Crippen molar-refractivity contribution in [3.05, 3.63) is 120 Å². The van der Waals surface area contributed by atoms with Crippen LogP contribution in [0.1, 0.15) is 68.8 Å². The van der Waals surface area contributed by atoms with Crippen LogP contribution in [0.2, 0.25) is 0 Å². The normalized spacial score (nSPS) is 14.9. The fourth-order valence-electron chi connectivity index (χ4n) is 5.40. The molecule has 2 heterocycles. The number of nitrogens with zero attached hydrogens (tertiary/aromatic N) is 3. The first-order valence-corrected chi connectivity index (χ1v) is 15.5. The van der Waals surface area contributed by atoms with Gasteiger partial charge in [0.15, 0.2) is 4.80 Å². The maximum Gasteiger partial charge on any atom is 0.338 e. The molecule has 3 aromatic carbocycles. The average molecular weight is 596 g/mol. The Bertz CT molecular complexity index is 1830. The first-order chi connectivity index (χ1) is 20.8. The molecule has 0 bridgehead atoms. The smallest absolute Gasteiger partial charge is 0.338 e. The van der Waals surface area contributed by atoms with Gasteiger partial charge in [-0.25, -0.2) is 9.79 Å². The lowest BCUT2D eigenvalue weighted by Crippen LogP contribution is -2.40. The minimum absolute atomic E-state index is 0.0910. The maximum absolute atomic E-state index is 14.1. The number of anilines is 1. The molecule has 0 saturated heterocycles. The minimum Gasteiger partial charge on any atom is -0.507 e. The lowest BCUT2D eigenvalue weighted by atomic mass is 9.91. The average Bonchev–Trinajstić information content (AvgIpc) is 3.33. The van der Waals surface area contributed by atoms with Crippen molar-refractivity contribution in [2.75, 3.05) is 24.6 Å². The number of aromatic nitrogens is 1. The second kappa shape index (κ2) is 12.8. The quantitative estimate of drug-likeness (QED) is 0.254. The third-order valence-corrected chi connectivity index (χ3v) is 8.70. The summed E-state index contributed by atoms with van der Waals surface area (Å²) >= 11 is 1.24. The number of rotatable bonds is 9. The van der Waals surface area contributed by atoms with E-state index in [0.717, 1.165) is 35.5 Å². The summed E-state index contributed by atoms with van der Waals surface area (Å²) in [5.74, 6) is -0.0908. The van der Waals surface area contributed by atoms with E-state index in [-0.39, 0.29) is 17.9 Å². The van der Waals surface area contributed by atoms with Crippen molar-refractivity contribution in [3.63, 3.8) is 0 Å². The lowest BCUT2D eigenvalue weighted by Gasteiger charge is -2.26. The lowest BCUT2D eigenvalue weighted by molar-refractivity contribution is -0.138. The molecule has 43 heavy (non-hydrogen) atoms. The molecule has 7 nitrogen and oxygen atoms in total. The topological polar surface area (TPSA) is 84.1 Å². The zero-order valence-corrected chi connectivity index (χ0v) is 26.0. The third kappa shape index (κ3) is 5.92. The molecular weight excluding hydrogens is 558 g/mol. The summed E-state index contributed by atoms with van der Waals surface area (Å²) in [6.07, 6.45) is 1.69. The highest BCUT2D eigenvalue weighted by Gasteiger charge is 2.35. The third-order valence-electron chi connectivity index (χ3n) is 7.72. The Balaban J connectivity index is 1.75. The minimum atomic E-state index is -0.743. The summed E-state index contributed by atoms with van der Waals surface area (Å²) in [4.78, 5) is 35.3. The van der Waals surface area contributed by atoms with E-state index in [0.29, 0.717) is 32.1 Å². The van der Waals surface area contributed by atoms with E-state index in [4.69, 9.17) is 9.73 Å². The van der Waals surface area contributed by atoms with Gasteiger partial charge in [0, 0.05) is 36.0 Å². The van der Waals surface area contributed by atoms with Crippen LogP contribution in [0.5, 0.6) is 5.75 Å². The van der Waals surface area contributed by atoms with Crippen molar-refractivity contribution in [3.8, 4) is 5.75 Å². The Morgan fingerprint density at radius 1 is 1.05 bits per heavy atom. The van der Waals surface area contributed by atoms with Gasteiger partial charge in [-0.2, -0.15) is 0 Å². The van der Waals surface area contributed by atoms with Gasteiger partial charge < -0.3 is 14.7 Å². The van der Waals surface area contributed by atoms with E-state index in [9.17, 15) is 14.7 Å². The molecule has 1 aliphatic rings. The van der Waals surface area contributed by atoms with Crippen molar-refractivity contribution in [2.24, 2.45) is 4.99 Å². The molecule has 1 aliphatic heterocycles. The fraction of sp³-hybridized carbons (Fsp3) is 0.286. The van der Waals surface area contributed by atoms with Crippen LogP contribution in [0.3, 0.4) is 0 Å². The Labute approximate surface area is 255 Å². The number of esters is 1. The molecule has 0 radical (unpaired) electrons. The van der Waals surface area contributed by atoms with Crippen LogP contribution in [-0.4, -0.2) is 35.3 Å². The summed E-state index contributed by atoms with van der Waals surface area (Å²) in [6, 6.07) is 22.3. The highest BCUT2D eigenvalue weighted by molar-refractivity contribution is 7.07. The largest absolute Gasteiger partial charge is 0.507 e. The Kier molecular flexibility index (Phi) is 8.97. The van der Waals surface area contributed by atoms with E-state index < -0.39 is 12.0 Å². The number of hydrogen-bond donors (Lipinski definition) is 1. The molecule has 0 amide bonds. The summed E-state index contributed by atoms with van der Waals surface area (Å²) in [6.45, 7) is 12.0. The Hall–Kier alpha value is -4.43. The number of phenolic OH excluding ortho intramolecular Hbond substituents is 1. The van der Waals surface area contributed by atoms with Crippen molar-refractivity contribution in [1.29, 1.82) is 0 Å². The highest BCUT2D eigenvalue weighted by Crippen LogP contribution is 2.35. The molecule has 5 rings (SSSR count). The van der Waals surface area contributed by atoms with Crippen LogP contribution in [0, 0.1) is 0 Å².